The lowest BCUT2D eigenvalue weighted by molar-refractivity contribution is 0.241. The number of nitrogens with zero attached hydrogens (tertiary/aromatic N) is 1. The number of benzene rings is 1. The molecule has 2 atom stereocenters. The van der Waals surface area contributed by atoms with Gasteiger partial charge in [-0.05, 0) is 36.6 Å². The van der Waals surface area contributed by atoms with E-state index in [1.165, 1.54) is 7.11 Å². The second-order valence-electron chi connectivity index (χ2n) is 4.93. The van der Waals surface area contributed by atoms with Crippen LogP contribution in [-0.2, 0) is 6.54 Å². The molecule has 100 valence electrons. The Labute approximate surface area is 113 Å². The van der Waals surface area contributed by atoms with E-state index in [-0.39, 0.29) is 5.82 Å². The molecule has 2 nitrogen and oxygen atoms in total. The Morgan fingerprint density at radius 3 is 2.89 bits per heavy atom. The first-order chi connectivity index (χ1) is 8.65. The molecule has 0 spiro atoms. The Hall–Kier alpha value is -0.800. The Balaban J connectivity index is 2.07. The molecule has 0 radical (unpaired) electrons. The van der Waals surface area contributed by atoms with Crippen molar-refractivity contribution in [3.63, 3.8) is 0 Å². The van der Waals surface area contributed by atoms with Crippen molar-refractivity contribution in [2.45, 2.75) is 25.9 Å². The van der Waals surface area contributed by atoms with Crippen molar-refractivity contribution in [1.82, 2.24) is 4.90 Å². The summed E-state index contributed by atoms with van der Waals surface area (Å²) in [6.45, 7) is 4.01. The van der Waals surface area contributed by atoms with E-state index in [0.29, 0.717) is 23.6 Å². The molecule has 1 aromatic rings. The van der Waals surface area contributed by atoms with Crippen LogP contribution in [0, 0.1) is 11.7 Å². The molecule has 1 heterocycles. The van der Waals surface area contributed by atoms with Crippen molar-refractivity contribution in [2.75, 3.05) is 19.5 Å². The van der Waals surface area contributed by atoms with Gasteiger partial charge in [-0.15, -0.1) is 11.6 Å². The van der Waals surface area contributed by atoms with Gasteiger partial charge in [-0.2, -0.15) is 0 Å². The average Bonchev–Trinajstić information content (AvgIpc) is 2.70. The molecule has 0 amide bonds. The molecular formula is C14H19ClFNO. The van der Waals surface area contributed by atoms with Gasteiger partial charge in [-0.1, -0.05) is 13.0 Å². The molecule has 2 unspecified atom stereocenters. The topological polar surface area (TPSA) is 12.5 Å². The maximum absolute atomic E-state index is 13.6. The fraction of sp³-hybridized carbons (Fsp3) is 0.571. The maximum Gasteiger partial charge on any atom is 0.165 e. The summed E-state index contributed by atoms with van der Waals surface area (Å²) in [6, 6.07) is 5.54. The minimum Gasteiger partial charge on any atom is -0.494 e. The van der Waals surface area contributed by atoms with Crippen molar-refractivity contribution in [3.8, 4) is 5.75 Å². The number of methoxy groups -OCH3 is 1. The molecule has 2 rings (SSSR count). The van der Waals surface area contributed by atoms with Gasteiger partial charge in [-0.25, -0.2) is 4.39 Å². The number of rotatable bonds is 4. The first-order valence-corrected chi connectivity index (χ1v) is 6.81. The van der Waals surface area contributed by atoms with Crippen LogP contribution < -0.4 is 4.74 Å². The first-order valence-electron chi connectivity index (χ1n) is 6.28. The van der Waals surface area contributed by atoms with E-state index in [1.807, 2.05) is 6.07 Å². The number of likely N-dealkylation sites (tertiary alicyclic amines) is 1. The van der Waals surface area contributed by atoms with Crippen LogP contribution >= 0.6 is 11.6 Å². The van der Waals surface area contributed by atoms with Crippen molar-refractivity contribution >= 4 is 11.6 Å². The number of alkyl halides is 1. The molecule has 1 fully saturated rings. The van der Waals surface area contributed by atoms with E-state index in [1.54, 1.807) is 12.1 Å². The molecule has 1 aliphatic rings. The monoisotopic (exact) mass is 271 g/mol. The van der Waals surface area contributed by atoms with Crippen LogP contribution in [0.25, 0.3) is 0 Å². The zero-order chi connectivity index (χ0) is 13.1. The molecule has 0 saturated carbocycles. The first kappa shape index (κ1) is 13.6. The molecule has 1 aromatic carbocycles. The highest BCUT2D eigenvalue weighted by atomic mass is 35.5. The third-order valence-electron chi connectivity index (χ3n) is 3.76. The van der Waals surface area contributed by atoms with Crippen LogP contribution in [0.1, 0.15) is 18.9 Å². The summed E-state index contributed by atoms with van der Waals surface area (Å²) < 4.78 is 18.5. The molecule has 1 saturated heterocycles. The fourth-order valence-corrected chi connectivity index (χ4v) is 3.08. The van der Waals surface area contributed by atoms with Crippen molar-refractivity contribution < 1.29 is 9.13 Å². The third kappa shape index (κ3) is 2.78. The van der Waals surface area contributed by atoms with E-state index in [4.69, 9.17) is 16.3 Å². The van der Waals surface area contributed by atoms with Crippen LogP contribution in [0.15, 0.2) is 18.2 Å². The number of halogens is 2. The van der Waals surface area contributed by atoms with Crippen LogP contribution in [-0.4, -0.2) is 30.5 Å². The minimum absolute atomic E-state index is 0.294. The minimum atomic E-state index is -0.301. The number of ether oxygens (including phenoxy) is 1. The summed E-state index contributed by atoms with van der Waals surface area (Å²) in [4.78, 5) is 2.33. The van der Waals surface area contributed by atoms with Crippen LogP contribution in [0.4, 0.5) is 4.39 Å². The lowest BCUT2D eigenvalue weighted by Gasteiger charge is -2.25. The van der Waals surface area contributed by atoms with Crippen LogP contribution in [0.5, 0.6) is 5.75 Å². The van der Waals surface area contributed by atoms with Crippen LogP contribution in [0.2, 0.25) is 0 Å². The van der Waals surface area contributed by atoms with Gasteiger partial charge in [0.25, 0.3) is 0 Å². The van der Waals surface area contributed by atoms with Gasteiger partial charge < -0.3 is 4.74 Å². The largest absolute Gasteiger partial charge is 0.494 e. The average molecular weight is 272 g/mol. The smallest absolute Gasteiger partial charge is 0.165 e. The molecule has 0 N–H and O–H groups in total. The quantitative estimate of drug-likeness (QED) is 0.780. The molecule has 0 aromatic heterocycles. The Morgan fingerprint density at radius 1 is 1.50 bits per heavy atom. The van der Waals surface area contributed by atoms with Gasteiger partial charge in [0, 0.05) is 18.5 Å². The predicted octanol–water partition coefficient (Wildman–Crippen LogP) is 3.28. The second-order valence-corrected chi connectivity index (χ2v) is 5.24. The summed E-state index contributed by atoms with van der Waals surface area (Å²) in [7, 11) is 1.48. The summed E-state index contributed by atoms with van der Waals surface area (Å²) in [6.07, 6.45) is 1.16. The van der Waals surface area contributed by atoms with Gasteiger partial charge in [0.2, 0.25) is 0 Å². The number of hydrogen-bond acceptors (Lipinski definition) is 2. The molecule has 1 aliphatic heterocycles. The van der Waals surface area contributed by atoms with E-state index in [0.717, 1.165) is 25.1 Å². The molecule has 0 bridgehead atoms. The van der Waals surface area contributed by atoms with E-state index < -0.39 is 0 Å². The summed E-state index contributed by atoms with van der Waals surface area (Å²) in [5.41, 5.74) is 0.970. The van der Waals surface area contributed by atoms with Gasteiger partial charge in [-0.3, -0.25) is 4.90 Å². The lowest BCUT2D eigenvalue weighted by Crippen LogP contribution is -2.33. The van der Waals surface area contributed by atoms with Crippen molar-refractivity contribution in [2.24, 2.45) is 5.92 Å². The molecular weight excluding hydrogens is 253 g/mol. The zero-order valence-electron chi connectivity index (χ0n) is 10.8. The van der Waals surface area contributed by atoms with Crippen LogP contribution in [0.3, 0.4) is 0 Å². The second kappa shape index (κ2) is 5.89. The highest BCUT2D eigenvalue weighted by Gasteiger charge is 2.30. The standard InChI is InChI=1S/C14H19ClFNO/c1-10-5-6-17(13(10)8-15)9-11-3-4-14(18-2)12(16)7-11/h3-4,7,10,13H,5-6,8-9H2,1-2H3. The summed E-state index contributed by atoms with van der Waals surface area (Å²) in [5, 5.41) is 0. The van der Waals surface area contributed by atoms with E-state index in [2.05, 4.69) is 11.8 Å². The summed E-state index contributed by atoms with van der Waals surface area (Å²) in [5.74, 6) is 1.25. The molecule has 18 heavy (non-hydrogen) atoms. The van der Waals surface area contributed by atoms with E-state index >= 15 is 0 Å². The van der Waals surface area contributed by atoms with Gasteiger partial charge in [0.1, 0.15) is 0 Å². The molecule has 4 heteroatoms. The Morgan fingerprint density at radius 2 is 2.28 bits per heavy atom. The summed E-state index contributed by atoms with van der Waals surface area (Å²) >= 11 is 6.01. The third-order valence-corrected chi connectivity index (χ3v) is 4.07. The number of hydrogen-bond donors (Lipinski definition) is 0. The van der Waals surface area contributed by atoms with Crippen molar-refractivity contribution in [1.29, 1.82) is 0 Å². The van der Waals surface area contributed by atoms with E-state index in [9.17, 15) is 4.39 Å². The SMILES string of the molecule is COc1ccc(CN2CCC(C)C2CCl)cc1F. The lowest BCUT2D eigenvalue weighted by atomic mass is 10.0. The van der Waals surface area contributed by atoms with Gasteiger partial charge >= 0.3 is 0 Å². The Kier molecular flexibility index (Phi) is 4.46. The maximum atomic E-state index is 13.6. The van der Waals surface area contributed by atoms with Gasteiger partial charge in [0.05, 0.1) is 7.11 Å². The fourth-order valence-electron chi connectivity index (χ4n) is 2.58. The Bertz CT molecular complexity index is 413. The zero-order valence-corrected chi connectivity index (χ0v) is 11.6. The highest BCUT2D eigenvalue weighted by Crippen LogP contribution is 2.27. The van der Waals surface area contributed by atoms with Crippen molar-refractivity contribution in [3.05, 3.63) is 29.6 Å². The van der Waals surface area contributed by atoms with Gasteiger partial charge in [0.15, 0.2) is 11.6 Å². The normalized spacial score (nSPS) is 24.4. The predicted molar refractivity (Wildman–Crippen MR) is 71.7 cm³/mol. The highest BCUT2D eigenvalue weighted by molar-refractivity contribution is 6.18. The molecule has 0 aliphatic carbocycles.